The van der Waals surface area contributed by atoms with E-state index in [-0.39, 0.29) is 5.91 Å². The molecule has 0 atom stereocenters. The van der Waals surface area contributed by atoms with E-state index in [0.717, 1.165) is 37.2 Å². The molecule has 1 aromatic heterocycles. The van der Waals surface area contributed by atoms with Crippen molar-refractivity contribution in [2.45, 2.75) is 26.4 Å². The summed E-state index contributed by atoms with van der Waals surface area (Å²) in [7, 11) is 0. The lowest BCUT2D eigenvalue weighted by atomic mass is 10.1. The molecule has 1 aromatic carbocycles. The van der Waals surface area contributed by atoms with Crippen molar-refractivity contribution in [1.29, 1.82) is 0 Å². The van der Waals surface area contributed by atoms with Gasteiger partial charge in [0.05, 0.1) is 0 Å². The van der Waals surface area contributed by atoms with E-state index in [1.54, 1.807) is 11.3 Å². The van der Waals surface area contributed by atoms with E-state index in [1.165, 1.54) is 5.56 Å². The van der Waals surface area contributed by atoms with Crippen LogP contribution in [0.5, 0.6) is 0 Å². The summed E-state index contributed by atoms with van der Waals surface area (Å²) in [4.78, 5) is 11.9. The molecule has 0 aliphatic heterocycles. The Morgan fingerprint density at radius 1 is 1.20 bits per heavy atom. The zero-order valence-electron chi connectivity index (χ0n) is 11.7. The van der Waals surface area contributed by atoms with Crippen LogP contribution >= 0.6 is 11.3 Å². The van der Waals surface area contributed by atoms with Gasteiger partial charge in [0.15, 0.2) is 0 Å². The third-order valence-electron chi connectivity index (χ3n) is 2.96. The van der Waals surface area contributed by atoms with Crippen molar-refractivity contribution in [3.63, 3.8) is 0 Å². The Balaban J connectivity index is 1.87. The van der Waals surface area contributed by atoms with Gasteiger partial charge in [0.2, 0.25) is 0 Å². The summed E-state index contributed by atoms with van der Waals surface area (Å²) < 4.78 is 0. The topological polar surface area (TPSA) is 41.1 Å². The van der Waals surface area contributed by atoms with Gasteiger partial charge in [-0.2, -0.15) is 11.3 Å². The first kappa shape index (κ1) is 14.8. The van der Waals surface area contributed by atoms with Gasteiger partial charge >= 0.3 is 0 Å². The molecular weight excluding hydrogens is 268 g/mol. The number of nitrogens with one attached hydrogen (secondary N) is 2. The Kier molecular flexibility index (Phi) is 5.77. The van der Waals surface area contributed by atoms with Crippen LogP contribution in [-0.4, -0.2) is 12.5 Å². The molecule has 2 rings (SSSR count). The van der Waals surface area contributed by atoms with Gasteiger partial charge in [0.1, 0.15) is 0 Å². The van der Waals surface area contributed by atoms with Crippen LogP contribution in [0.4, 0.5) is 0 Å². The van der Waals surface area contributed by atoms with Crippen molar-refractivity contribution >= 4 is 17.2 Å². The third-order valence-corrected chi connectivity index (χ3v) is 3.70. The van der Waals surface area contributed by atoms with Crippen molar-refractivity contribution in [2.24, 2.45) is 0 Å². The molecule has 20 heavy (non-hydrogen) atoms. The number of carbonyl (C=O) groups excluding carboxylic acids is 1. The number of hydrogen-bond acceptors (Lipinski definition) is 3. The van der Waals surface area contributed by atoms with Gasteiger partial charge < -0.3 is 10.6 Å². The van der Waals surface area contributed by atoms with Crippen LogP contribution in [0.15, 0.2) is 41.1 Å². The van der Waals surface area contributed by atoms with Crippen LogP contribution in [0.3, 0.4) is 0 Å². The monoisotopic (exact) mass is 288 g/mol. The highest BCUT2D eigenvalue weighted by molar-refractivity contribution is 7.07. The number of carbonyl (C=O) groups is 1. The maximum Gasteiger partial charge on any atom is 0.251 e. The fraction of sp³-hybridized carbons (Fsp3) is 0.312. The fourth-order valence-corrected chi connectivity index (χ4v) is 2.58. The van der Waals surface area contributed by atoms with E-state index in [4.69, 9.17) is 0 Å². The molecule has 2 aromatic rings. The predicted octanol–water partition coefficient (Wildman–Crippen LogP) is 3.18. The molecule has 0 spiro atoms. The van der Waals surface area contributed by atoms with Gasteiger partial charge in [-0.3, -0.25) is 4.79 Å². The van der Waals surface area contributed by atoms with Gasteiger partial charge in [-0.1, -0.05) is 19.1 Å². The Morgan fingerprint density at radius 2 is 2.05 bits per heavy atom. The Morgan fingerprint density at radius 3 is 2.80 bits per heavy atom. The molecule has 0 fully saturated rings. The molecule has 3 nitrogen and oxygen atoms in total. The molecule has 4 heteroatoms. The lowest BCUT2D eigenvalue weighted by molar-refractivity contribution is 0.0953. The maximum absolute atomic E-state index is 11.9. The van der Waals surface area contributed by atoms with Gasteiger partial charge in [0.25, 0.3) is 5.91 Å². The Bertz CT molecular complexity index is 537. The van der Waals surface area contributed by atoms with Crippen LogP contribution in [0.1, 0.15) is 34.8 Å². The molecule has 0 aliphatic rings. The summed E-state index contributed by atoms with van der Waals surface area (Å²) in [6, 6.07) is 9.89. The van der Waals surface area contributed by atoms with Crippen molar-refractivity contribution in [1.82, 2.24) is 10.6 Å². The third kappa shape index (κ3) is 4.47. The van der Waals surface area contributed by atoms with E-state index in [2.05, 4.69) is 27.5 Å². The summed E-state index contributed by atoms with van der Waals surface area (Å²) >= 11 is 1.71. The van der Waals surface area contributed by atoms with Crippen LogP contribution in [0, 0.1) is 0 Å². The molecule has 0 aliphatic carbocycles. The molecule has 0 unspecified atom stereocenters. The molecule has 0 radical (unpaired) electrons. The van der Waals surface area contributed by atoms with Crippen molar-refractivity contribution < 1.29 is 4.79 Å². The summed E-state index contributed by atoms with van der Waals surface area (Å²) in [5.74, 6) is 0.00605. The number of thiophene rings is 1. The highest BCUT2D eigenvalue weighted by Gasteiger charge is 2.04. The molecule has 106 valence electrons. The minimum Gasteiger partial charge on any atom is -0.352 e. The van der Waals surface area contributed by atoms with Gasteiger partial charge in [-0.05, 0) is 46.5 Å². The zero-order chi connectivity index (χ0) is 14.2. The second-order valence-electron chi connectivity index (χ2n) is 4.69. The van der Waals surface area contributed by atoms with Gasteiger partial charge in [0, 0.05) is 25.2 Å². The first-order valence-corrected chi connectivity index (χ1v) is 7.83. The van der Waals surface area contributed by atoms with Crippen molar-refractivity contribution in [3.8, 4) is 0 Å². The highest BCUT2D eigenvalue weighted by Crippen LogP contribution is 2.08. The second kappa shape index (κ2) is 7.82. The summed E-state index contributed by atoms with van der Waals surface area (Å²) in [6.07, 6.45) is 0.952. The van der Waals surface area contributed by atoms with E-state index < -0.39 is 0 Å². The summed E-state index contributed by atoms with van der Waals surface area (Å²) in [5, 5.41) is 10.5. The predicted molar refractivity (Wildman–Crippen MR) is 83.9 cm³/mol. The minimum absolute atomic E-state index is 0.00605. The largest absolute Gasteiger partial charge is 0.352 e. The van der Waals surface area contributed by atoms with Crippen LogP contribution in [0.2, 0.25) is 0 Å². The number of benzene rings is 1. The molecule has 0 bridgehead atoms. The standard InChI is InChI=1S/C16H20N2OS/c1-2-7-18-16(19)15-5-3-4-13(9-15)10-17-11-14-6-8-20-12-14/h3-6,8-9,12,17H,2,7,10-11H2,1H3,(H,18,19). The number of amides is 1. The van der Waals surface area contributed by atoms with Crippen LogP contribution < -0.4 is 10.6 Å². The average Bonchev–Trinajstić information content (AvgIpc) is 2.98. The molecule has 1 amide bonds. The Labute approximate surface area is 124 Å². The average molecular weight is 288 g/mol. The maximum atomic E-state index is 11.9. The first-order chi connectivity index (χ1) is 9.79. The summed E-state index contributed by atoms with van der Waals surface area (Å²) in [5.41, 5.74) is 3.16. The fourth-order valence-electron chi connectivity index (χ4n) is 1.91. The molecule has 2 N–H and O–H groups in total. The molecular formula is C16H20N2OS. The first-order valence-electron chi connectivity index (χ1n) is 6.88. The van der Waals surface area contributed by atoms with Gasteiger partial charge in [-0.15, -0.1) is 0 Å². The Hall–Kier alpha value is -1.65. The smallest absolute Gasteiger partial charge is 0.251 e. The second-order valence-corrected chi connectivity index (χ2v) is 5.47. The minimum atomic E-state index is 0.00605. The van der Waals surface area contributed by atoms with Gasteiger partial charge in [-0.25, -0.2) is 0 Å². The number of rotatable bonds is 7. The van der Waals surface area contributed by atoms with E-state index >= 15 is 0 Å². The van der Waals surface area contributed by atoms with Crippen molar-refractivity contribution in [2.75, 3.05) is 6.54 Å². The lowest BCUT2D eigenvalue weighted by Gasteiger charge is -2.07. The lowest BCUT2D eigenvalue weighted by Crippen LogP contribution is -2.24. The van der Waals surface area contributed by atoms with E-state index in [0.29, 0.717) is 0 Å². The van der Waals surface area contributed by atoms with Crippen molar-refractivity contribution in [3.05, 3.63) is 57.8 Å². The molecule has 0 saturated heterocycles. The zero-order valence-corrected chi connectivity index (χ0v) is 12.5. The van der Waals surface area contributed by atoms with Crippen LogP contribution in [-0.2, 0) is 13.1 Å². The number of hydrogen-bond donors (Lipinski definition) is 2. The van der Waals surface area contributed by atoms with Crippen LogP contribution in [0.25, 0.3) is 0 Å². The highest BCUT2D eigenvalue weighted by atomic mass is 32.1. The molecule has 0 saturated carbocycles. The molecule has 1 heterocycles. The normalized spacial score (nSPS) is 10.4. The summed E-state index contributed by atoms with van der Waals surface area (Å²) in [6.45, 7) is 4.39. The SMILES string of the molecule is CCCNC(=O)c1cccc(CNCc2ccsc2)c1. The van der Waals surface area contributed by atoms with E-state index in [9.17, 15) is 4.79 Å². The van der Waals surface area contributed by atoms with E-state index in [1.807, 2.05) is 31.2 Å². The quantitative estimate of drug-likeness (QED) is 0.821.